The van der Waals surface area contributed by atoms with Gasteiger partial charge in [0.1, 0.15) is 5.82 Å². The molecule has 0 N–H and O–H groups in total. The van der Waals surface area contributed by atoms with Gasteiger partial charge in [0.15, 0.2) is 0 Å². The number of halogens is 1. The Morgan fingerprint density at radius 2 is 1.83 bits per heavy atom. The molecule has 0 amide bonds. The maximum atomic E-state index is 14.3. The lowest BCUT2D eigenvalue weighted by Gasteiger charge is -2.20. The van der Waals surface area contributed by atoms with E-state index in [0.29, 0.717) is 5.56 Å². The minimum absolute atomic E-state index is 0.0263. The first-order valence-electron chi connectivity index (χ1n) is 7.39. The number of rotatable bonds is 4. The molecule has 24 heavy (non-hydrogen) atoms. The summed E-state index contributed by atoms with van der Waals surface area (Å²) in [6.45, 7) is 1.62. The SMILES string of the molecule is CCOC(=O)C1(c2ccccc2F)N=C(c2ccccc2)OC1=O. The first-order valence-corrected chi connectivity index (χ1v) is 7.39. The number of nitrogens with zero attached hydrogens (tertiary/aromatic N) is 1. The fourth-order valence-corrected chi connectivity index (χ4v) is 2.49. The Balaban J connectivity index is 2.19. The third-order valence-corrected chi connectivity index (χ3v) is 3.61. The Labute approximate surface area is 137 Å². The Bertz CT molecular complexity index is 819. The predicted octanol–water partition coefficient (Wildman–Crippen LogP) is 2.59. The van der Waals surface area contributed by atoms with Crippen molar-refractivity contribution >= 4 is 17.8 Å². The fraction of sp³-hybridized carbons (Fsp3) is 0.167. The van der Waals surface area contributed by atoms with Crippen molar-refractivity contribution < 1.29 is 23.5 Å². The lowest BCUT2D eigenvalue weighted by atomic mass is 9.90. The van der Waals surface area contributed by atoms with E-state index in [1.807, 2.05) is 0 Å². The van der Waals surface area contributed by atoms with Crippen LogP contribution in [0.2, 0.25) is 0 Å². The van der Waals surface area contributed by atoms with Crippen molar-refractivity contribution in [1.82, 2.24) is 0 Å². The van der Waals surface area contributed by atoms with Gasteiger partial charge in [-0.3, -0.25) is 0 Å². The summed E-state index contributed by atoms with van der Waals surface area (Å²) in [5, 5.41) is 0. The average Bonchev–Trinajstić information content (AvgIpc) is 2.95. The van der Waals surface area contributed by atoms with E-state index in [-0.39, 0.29) is 18.1 Å². The number of cyclic esters (lactones) is 1. The molecule has 3 rings (SSSR count). The van der Waals surface area contributed by atoms with Gasteiger partial charge in [0.05, 0.1) is 6.61 Å². The average molecular weight is 327 g/mol. The van der Waals surface area contributed by atoms with Crippen LogP contribution < -0.4 is 0 Å². The van der Waals surface area contributed by atoms with Gasteiger partial charge in [0, 0.05) is 11.1 Å². The smallest absolute Gasteiger partial charge is 0.357 e. The highest BCUT2D eigenvalue weighted by atomic mass is 19.1. The number of ether oxygens (including phenoxy) is 2. The Morgan fingerprint density at radius 3 is 2.50 bits per heavy atom. The second kappa shape index (κ2) is 6.23. The third-order valence-electron chi connectivity index (χ3n) is 3.61. The van der Waals surface area contributed by atoms with Crippen LogP contribution in [-0.2, 0) is 24.6 Å². The van der Waals surface area contributed by atoms with Crippen molar-refractivity contribution in [3.63, 3.8) is 0 Å². The van der Waals surface area contributed by atoms with Gasteiger partial charge in [-0.25, -0.2) is 19.0 Å². The van der Waals surface area contributed by atoms with Crippen molar-refractivity contribution in [3.05, 3.63) is 71.5 Å². The normalized spacial score (nSPS) is 19.6. The molecule has 0 aromatic heterocycles. The quantitative estimate of drug-likeness (QED) is 0.639. The molecule has 0 radical (unpaired) electrons. The van der Waals surface area contributed by atoms with Gasteiger partial charge >= 0.3 is 11.9 Å². The number of hydrogen-bond donors (Lipinski definition) is 0. The molecule has 2 aromatic rings. The number of benzene rings is 2. The summed E-state index contributed by atoms with van der Waals surface area (Å²) in [5.41, 5.74) is -1.88. The highest BCUT2D eigenvalue weighted by Gasteiger charge is 2.57. The highest BCUT2D eigenvalue weighted by Crippen LogP contribution is 2.36. The van der Waals surface area contributed by atoms with E-state index in [9.17, 15) is 14.0 Å². The molecule has 1 atom stereocenters. The van der Waals surface area contributed by atoms with Crippen LogP contribution in [0.15, 0.2) is 59.6 Å². The standard InChI is InChI=1S/C18H14FNO4/c1-2-23-16(21)18(13-10-6-7-11-14(13)19)17(22)24-15(20-18)12-8-4-3-5-9-12/h3-11H,2H2,1H3. The summed E-state index contributed by atoms with van der Waals surface area (Å²) in [7, 11) is 0. The van der Waals surface area contributed by atoms with E-state index in [1.54, 1.807) is 37.3 Å². The van der Waals surface area contributed by atoms with Crippen molar-refractivity contribution in [2.45, 2.75) is 12.5 Å². The van der Waals surface area contributed by atoms with Crippen LogP contribution in [0.5, 0.6) is 0 Å². The molecule has 1 heterocycles. The molecule has 0 fully saturated rings. The van der Waals surface area contributed by atoms with Crippen molar-refractivity contribution in [1.29, 1.82) is 0 Å². The summed E-state index contributed by atoms with van der Waals surface area (Å²) in [4.78, 5) is 29.2. The summed E-state index contributed by atoms with van der Waals surface area (Å²) < 4.78 is 24.5. The van der Waals surface area contributed by atoms with Gasteiger partial charge in [0.2, 0.25) is 5.90 Å². The molecule has 1 aliphatic heterocycles. The molecule has 0 saturated heterocycles. The van der Waals surface area contributed by atoms with E-state index in [0.717, 1.165) is 6.07 Å². The number of esters is 2. The summed E-state index contributed by atoms with van der Waals surface area (Å²) in [5.74, 6) is -2.73. The largest absolute Gasteiger partial charge is 0.463 e. The fourth-order valence-electron chi connectivity index (χ4n) is 2.49. The van der Waals surface area contributed by atoms with Crippen molar-refractivity contribution in [2.24, 2.45) is 4.99 Å². The van der Waals surface area contributed by atoms with Crippen LogP contribution in [0.4, 0.5) is 4.39 Å². The van der Waals surface area contributed by atoms with E-state index < -0.39 is 23.3 Å². The molecular formula is C18H14FNO4. The van der Waals surface area contributed by atoms with E-state index in [2.05, 4.69) is 4.99 Å². The zero-order chi connectivity index (χ0) is 17.2. The molecule has 2 aromatic carbocycles. The molecule has 0 aliphatic carbocycles. The van der Waals surface area contributed by atoms with Crippen LogP contribution in [0.25, 0.3) is 0 Å². The van der Waals surface area contributed by atoms with Gasteiger partial charge < -0.3 is 9.47 Å². The molecule has 6 heteroatoms. The number of hydrogen-bond acceptors (Lipinski definition) is 5. The molecule has 0 saturated carbocycles. The van der Waals surface area contributed by atoms with E-state index >= 15 is 0 Å². The van der Waals surface area contributed by atoms with E-state index in [1.165, 1.54) is 18.2 Å². The van der Waals surface area contributed by atoms with Crippen LogP contribution in [0, 0.1) is 5.82 Å². The van der Waals surface area contributed by atoms with Crippen LogP contribution in [0.1, 0.15) is 18.1 Å². The minimum Gasteiger partial charge on any atom is -0.463 e. The third kappa shape index (κ3) is 2.46. The minimum atomic E-state index is -2.19. The van der Waals surface area contributed by atoms with Crippen molar-refractivity contribution in [2.75, 3.05) is 6.61 Å². The molecular weight excluding hydrogens is 313 g/mol. The second-order valence-corrected chi connectivity index (χ2v) is 5.08. The lowest BCUT2D eigenvalue weighted by molar-refractivity contribution is -0.158. The Kier molecular flexibility index (Phi) is 4.12. The Hall–Kier alpha value is -3.02. The zero-order valence-corrected chi connectivity index (χ0v) is 12.9. The number of carbonyl (C=O) groups is 2. The Morgan fingerprint density at radius 1 is 1.17 bits per heavy atom. The first kappa shape index (κ1) is 15.9. The molecule has 0 bridgehead atoms. The molecule has 5 nitrogen and oxygen atoms in total. The van der Waals surface area contributed by atoms with Gasteiger partial charge in [-0.15, -0.1) is 0 Å². The number of carbonyl (C=O) groups excluding carboxylic acids is 2. The monoisotopic (exact) mass is 327 g/mol. The highest BCUT2D eigenvalue weighted by molar-refractivity contribution is 6.17. The number of aliphatic imine (C=N–C) groups is 1. The van der Waals surface area contributed by atoms with E-state index in [4.69, 9.17) is 9.47 Å². The van der Waals surface area contributed by atoms with Crippen LogP contribution in [-0.4, -0.2) is 24.4 Å². The maximum absolute atomic E-state index is 14.3. The van der Waals surface area contributed by atoms with Gasteiger partial charge in [-0.2, -0.15) is 0 Å². The predicted molar refractivity (Wildman–Crippen MR) is 83.8 cm³/mol. The summed E-state index contributed by atoms with van der Waals surface area (Å²) in [6.07, 6.45) is 0. The summed E-state index contributed by atoms with van der Waals surface area (Å²) >= 11 is 0. The summed E-state index contributed by atoms with van der Waals surface area (Å²) in [6, 6.07) is 14.1. The molecule has 1 unspecified atom stereocenters. The van der Waals surface area contributed by atoms with Gasteiger partial charge in [0.25, 0.3) is 5.54 Å². The molecule has 0 spiro atoms. The van der Waals surface area contributed by atoms with Crippen LogP contribution >= 0.6 is 0 Å². The second-order valence-electron chi connectivity index (χ2n) is 5.08. The van der Waals surface area contributed by atoms with Crippen molar-refractivity contribution in [3.8, 4) is 0 Å². The van der Waals surface area contributed by atoms with Crippen LogP contribution in [0.3, 0.4) is 0 Å². The molecule has 1 aliphatic rings. The first-order chi connectivity index (χ1) is 11.6. The van der Waals surface area contributed by atoms with Gasteiger partial charge in [-0.05, 0) is 25.1 Å². The lowest BCUT2D eigenvalue weighted by Crippen LogP contribution is -2.42. The topological polar surface area (TPSA) is 65.0 Å². The molecule has 122 valence electrons. The van der Waals surface area contributed by atoms with Gasteiger partial charge in [-0.1, -0.05) is 36.4 Å². The zero-order valence-electron chi connectivity index (χ0n) is 12.9. The maximum Gasteiger partial charge on any atom is 0.357 e.